The molecule has 0 saturated carbocycles. The third-order valence-electron chi connectivity index (χ3n) is 4.82. The summed E-state index contributed by atoms with van der Waals surface area (Å²) in [6.07, 6.45) is 4.59. The lowest BCUT2D eigenvalue weighted by Crippen LogP contribution is -2.11. The molecule has 0 bridgehead atoms. The normalized spacial score (nSPS) is 13.7. The number of nitrogens with one attached hydrogen (secondary N) is 1. The van der Waals surface area contributed by atoms with E-state index in [9.17, 15) is 4.79 Å². The van der Waals surface area contributed by atoms with Crippen molar-refractivity contribution in [1.29, 1.82) is 0 Å². The van der Waals surface area contributed by atoms with Crippen LogP contribution in [0.3, 0.4) is 0 Å². The molecule has 0 aliphatic carbocycles. The van der Waals surface area contributed by atoms with Crippen molar-refractivity contribution < 1.29 is 4.79 Å². The van der Waals surface area contributed by atoms with Crippen LogP contribution in [0.5, 0.6) is 0 Å². The van der Waals surface area contributed by atoms with E-state index in [0.29, 0.717) is 5.56 Å². The molecule has 0 unspecified atom stereocenters. The third kappa shape index (κ3) is 3.38. The predicted molar refractivity (Wildman–Crippen MR) is 102 cm³/mol. The lowest BCUT2D eigenvalue weighted by atomic mass is 10.1. The molecule has 1 amide bonds. The quantitative estimate of drug-likeness (QED) is 0.772. The molecule has 26 heavy (non-hydrogen) atoms. The maximum atomic E-state index is 12.3. The van der Waals surface area contributed by atoms with E-state index in [-0.39, 0.29) is 5.91 Å². The fourth-order valence-electron chi connectivity index (χ4n) is 3.31. The molecule has 5 nitrogen and oxygen atoms in total. The smallest absolute Gasteiger partial charge is 0.255 e. The number of amides is 1. The first kappa shape index (κ1) is 16.5. The lowest BCUT2D eigenvalue weighted by Gasteiger charge is -2.09. The number of nitrogens with zero attached hydrogens (tertiary/aromatic N) is 3. The van der Waals surface area contributed by atoms with Crippen LogP contribution in [0.2, 0.25) is 0 Å². The van der Waals surface area contributed by atoms with Crippen molar-refractivity contribution in [3.05, 3.63) is 65.5 Å². The summed E-state index contributed by atoms with van der Waals surface area (Å²) in [4.78, 5) is 12.3. The van der Waals surface area contributed by atoms with Crippen molar-refractivity contribution in [3.8, 4) is 11.4 Å². The minimum atomic E-state index is -0.103. The second kappa shape index (κ2) is 7.12. The Bertz CT molecular complexity index is 910. The second-order valence-electron chi connectivity index (χ2n) is 6.80. The summed E-state index contributed by atoms with van der Waals surface area (Å²) in [5, 5.41) is 11.7. The van der Waals surface area contributed by atoms with E-state index >= 15 is 0 Å². The summed E-state index contributed by atoms with van der Waals surface area (Å²) in [6.45, 7) is 2.98. The molecule has 0 fully saturated rings. The Hall–Kier alpha value is -2.95. The Balaban J connectivity index is 1.51. The molecule has 0 atom stereocenters. The molecule has 0 spiro atoms. The molecule has 0 radical (unpaired) electrons. The maximum absolute atomic E-state index is 12.3. The predicted octanol–water partition coefficient (Wildman–Crippen LogP) is 4.23. The highest BCUT2D eigenvalue weighted by Crippen LogP contribution is 2.24. The summed E-state index contributed by atoms with van der Waals surface area (Å²) in [7, 11) is 0. The molecule has 2 aromatic carbocycles. The zero-order valence-electron chi connectivity index (χ0n) is 14.9. The number of hydrogen-bond donors (Lipinski definition) is 1. The average molecular weight is 346 g/mol. The van der Waals surface area contributed by atoms with E-state index in [0.717, 1.165) is 41.4 Å². The van der Waals surface area contributed by atoms with E-state index in [1.165, 1.54) is 19.3 Å². The first-order valence-corrected chi connectivity index (χ1v) is 9.11. The van der Waals surface area contributed by atoms with Gasteiger partial charge >= 0.3 is 0 Å². The molecule has 1 aliphatic heterocycles. The van der Waals surface area contributed by atoms with Gasteiger partial charge in [0, 0.05) is 29.8 Å². The number of anilines is 1. The third-order valence-corrected chi connectivity index (χ3v) is 4.82. The van der Waals surface area contributed by atoms with Crippen LogP contribution in [0.1, 0.15) is 41.0 Å². The van der Waals surface area contributed by atoms with Gasteiger partial charge in [0.15, 0.2) is 5.82 Å². The number of benzene rings is 2. The van der Waals surface area contributed by atoms with Crippen LogP contribution in [0.15, 0.2) is 48.5 Å². The van der Waals surface area contributed by atoms with Gasteiger partial charge in [0.1, 0.15) is 5.82 Å². The van der Waals surface area contributed by atoms with Crippen molar-refractivity contribution >= 4 is 11.6 Å². The van der Waals surface area contributed by atoms with Crippen molar-refractivity contribution in [2.45, 2.75) is 39.2 Å². The number of fused-ring (bicyclic) bond motifs is 1. The number of aromatic nitrogens is 3. The minimum Gasteiger partial charge on any atom is -0.322 e. The van der Waals surface area contributed by atoms with Gasteiger partial charge < -0.3 is 9.88 Å². The van der Waals surface area contributed by atoms with Gasteiger partial charge in [0.25, 0.3) is 5.91 Å². The number of carbonyl (C=O) groups is 1. The molecule has 1 N–H and O–H groups in total. The molecular formula is C21H22N4O. The molecule has 4 rings (SSSR count). The van der Waals surface area contributed by atoms with E-state index < -0.39 is 0 Å². The summed E-state index contributed by atoms with van der Waals surface area (Å²) in [6, 6.07) is 15.4. The van der Waals surface area contributed by atoms with E-state index in [2.05, 4.69) is 20.1 Å². The Morgan fingerprint density at radius 1 is 0.962 bits per heavy atom. The van der Waals surface area contributed by atoms with Gasteiger partial charge in [-0.2, -0.15) is 0 Å². The van der Waals surface area contributed by atoms with Gasteiger partial charge in [0.05, 0.1) is 0 Å². The fraction of sp³-hybridized carbons (Fsp3) is 0.286. The molecule has 5 heteroatoms. The SMILES string of the molecule is Cc1ccc(C(=O)Nc2ccc(-c3nnc4n3CCCCC4)cc2)cc1. The number of hydrogen-bond acceptors (Lipinski definition) is 3. The van der Waals surface area contributed by atoms with Crippen LogP contribution in [0.25, 0.3) is 11.4 Å². The maximum Gasteiger partial charge on any atom is 0.255 e. The standard InChI is InChI=1S/C21H22N4O/c1-15-6-8-17(9-7-15)21(26)22-18-12-10-16(11-13-18)20-24-23-19-5-3-2-4-14-25(19)20/h6-13H,2-5,14H2,1H3,(H,22,26). The van der Waals surface area contributed by atoms with Gasteiger partial charge in [-0.05, 0) is 56.2 Å². The zero-order valence-corrected chi connectivity index (χ0v) is 14.9. The summed E-state index contributed by atoms with van der Waals surface area (Å²) < 4.78 is 2.23. The van der Waals surface area contributed by atoms with Crippen LogP contribution in [0, 0.1) is 6.92 Å². The number of carbonyl (C=O) groups excluding carboxylic acids is 1. The van der Waals surface area contributed by atoms with Crippen LogP contribution in [0.4, 0.5) is 5.69 Å². The number of aryl methyl sites for hydroxylation is 2. The van der Waals surface area contributed by atoms with E-state index in [1.807, 2.05) is 55.5 Å². The molecule has 1 aliphatic rings. The largest absolute Gasteiger partial charge is 0.322 e. The van der Waals surface area contributed by atoms with Crippen LogP contribution in [-0.2, 0) is 13.0 Å². The number of rotatable bonds is 3. The van der Waals surface area contributed by atoms with Crippen molar-refractivity contribution in [1.82, 2.24) is 14.8 Å². The fourth-order valence-corrected chi connectivity index (χ4v) is 3.31. The summed E-state index contributed by atoms with van der Waals surface area (Å²) in [5.74, 6) is 1.89. The molecule has 0 saturated heterocycles. The molecule has 132 valence electrons. The van der Waals surface area contributed by atoms with Crippen molar-refractivity contribution in [2.75, 3.05) is 5.32 Å². The van der Waals surface area contributed by atoms with E-state index in [1.54, 1.807) is 0 Å². The first-order valence-electron chi connectivity index (χ1n) is 9.11. The van der Waals surface area contributed by atoms with Crippen LogP contribution >= 0.6 is 0 Å². The van der Waals surface area contributed by atoms with Gasteiger partial charge in [-0.15, -0.1) is 10.2 Å². The van der Waals surface area contributed by atoms with Crippen molar-refractivity contribution in [3.63, 3.8) is 0 Å². The minimum absolute atomic E-state index is 0.103. The monoisotopic (exact) mass is 346 g/mol. The average Bonchev–Trinajstić information content (AvgIpc) is 2.91. The van der Waals surface area contributed by atoms with Gasteiger partial charge in [-0.25, -0.2) is 0 Å². The molecule has 1 aromatic heterocycles. The summed E-state index contributed by atoms with van der Waals surface area (Å²) in [5.41, 5.74) is 3.59. The topological polar surface area (TPSA) is 59.8 Å². The Morgan fingerprint density at radius 3 is 2.50 bits per heavy atom. The highest BCUT2D eigenvalue weighted by atomic mass is 16.1. The molecule has 2 heterocycles. The first-order chi connectivity index (χ1) is 12.7. The van der Waals surface area contributed by atoms with Gasteiger partial charge in [-0.3, -0.25) is 4.79 Å². The molecular weight excluding hydrogens is 324 g/mol. The van der Waals surface area contributed by atoms with Gasteiger partial charge in [0.2, 0.25) is 0 Å². The van der Waals surface area contributed by atoms with E-state index in [4.69, 9.17) is 0 Å². The van der Waals surface area contributed by atoms with Crippen molar-refractivity contribution in [2.24, 2.45) is 0 Å². The van der Waals surface area contributed by atoms with Crippen LogP contribution in [-0.4, -0.2) is 20.7 Å². The molecule has 3 aromatic rings. The second-order valence-corrected chi connectivity index (χ2v) is 6.80. The van der Waals surface area contributed by atoms with Crippen LogP contribution < -0.4 is 5.32 Å². The Morgan fingerprint density at radius 2 is 1.73 bits per heavy atom. The highest BCUT2D eigenvalue weighted by molar-refractivity contribution is 6.04. The zero-order chi connectivity index (χ0) is 17.9. The summed E-state index contributed by atoms with van der Waals surface area (Å²) >= 11 is 0. The lowest BCUT2D eigenvalue weighted by molar-refractivity contribution is 0.102. The Labute approximate surface area is 153 Å². The van der Waals surface area contributed by atoms with Gasteiger partial charge in [-0.1, -0.05) is 24.1 Å². The highest BCUT2D eigenvalue weighted by Gasteiger charge is 2.16. The Kier molecular flexibility index (Phi) is 4.52.